The SMILES string of the molecule is NC(/C=C(\N=Cc1ccccc1)c1ccc(-c2ccc3c(c2)C2(c4ccccc4Oc4ccccc42)c2c-3c3ccccc3c3ccccc23)cc1)c1ccccc1. The molecule has 274 valence electrons. The summed E-state index contributed by atoms with van der Waals surface area (Å²) >= 11 is 0. The Morgan fingerprint density at radius 2 is 1.07 bits per heavy atom. The summed E-state index contributed by atoms with van der Waals surface area (Å²) in [5.41, 5.74) is 19.7. The number of fused-ring (bicyclic) bond motifs is 14. The van der Waals surface area contributed by atoms with Gasteiger partial charge >= 0.3 is 0 Å². The van der Waals surface area contributed by atoms with Crippen molar-refractivity contribution >= 4 is 33.5 Å². The van der Waals surface area contributed by atoms with E-state index in [9.17, 15) is 0 Å². The summed E-state index contributed by atoms with van der Waals surface area (Å²) < 4.78 is 6.72. The molecule has 1 atom stereocenters. The fourth-order valence-electron chi connectivity index (χ4n) is 9.42. The third kappa shape index (κ3) is 5.28. The minimum absolute atomic E-state index is 0.310. The Morgan fingerprint density at radius 1 is 0.517 bits per heavy atom. The van der Waals surface area contributed by atoms with Gasteiger partial charge in [0.25, 0.3) is 0 Å². The van der Waals surface area contributed by atoms with Gasteiger partial charge in [-0.15, -0.1) is 0 Å². The van der Waals surface area contributed by atoms with E-state index in [2.05, 4.69) is 170 Å². The van der Waals surface area contributed by atoms with Gasteiger partial charge in [0.1, 0.15) is 11.5 Å². The normalized spacial score (nSPS) is 14.2. The van der Waals surface area contributed by atoms with Crippen LogP contribution in [0, 0.1) is 0 Å². The molecule has 0 radical (unpaired) electrons. The quantitative estimate of drug-likeness (QED) is 0.136. The maximum atomic E-state index is 6.76. The summed E-state index contributed by atoms with van der Waals surface area (Å²) in [4.78, 5) is 5.00. The van der Waals surface area contributed by atoms with E-state index in [0.29, 0.717) is 0 Å². The Balaban J connectivity index is 1.11. The van der Waals surface area contributed by atoms with Crippen LogP contribution in [-0.4, -0.2) is 6.21 Å². The van der Waals surface area contributed by atoms with Crippen LogP contribution < -0.4 is 10.5 Å². The second kappa shape index (κ2) is 13.7. The summed E-state index contributed by atoms with van der Waals surface area (Å²) in [5, 5.41) is 5.04. The zero-order valence-corrected chi connectivity index (χ0v) is 31.7. The lowest BCUT2D eigenvalue weighted by atomic mass is 9.64. The second-order valence-electron chi connectivity index (χ2n) is 15.2. The molecule has 1 aliphatic carbocycles. The highest BCUT2D eigenvalue weighted by Gasteiger charge is 2.52. The van der Waals surface area contributed by atoms with Gasteiger partial charge in [-0.05, 0) is 95.9 Å². The van der Waals surface area contributed by atoms with Gasteiger partial charge in [-0.3, -0.25) is 4.99 Å². The van der Waals surface area contributed by atoms with Crippen molar-refractivity contribution in [2.45, 2.75) is 11.5 Å². The van der Waals surface area contributed by atoms with E-state index < -0.39 is 5.41 Å². The highest BCUT2D eigenvalue weighted by atomic mass is 16.5. The fraction of sp³-hybridized carbons (Fsp3) is 0.0364. The van der Waals surface area contributed by atoms with Crippen LogP contribution in [0.15, 0.2) is 211 Å². The third-order valence-electron chi connectivity index (χ3n) is 12.0. The third-order valence-corrected chi connectivity index (χ3v) is 12.0. The van der Waals surface area contributed by atoms with Gasteiger partial charge in [0.2, 0.25) is 0 Å². The van der Waals surface area contributed by atoms with E-state index in [4.69, 9.17) is 15.5 Å². The van der Waals surface area contributed by atoms with Crippen molar-refractivity contribution in [1.29, 1.82) is 0 Å². The number of nitrogens with two attached hydrogens (primary N) is 1. The van der Waals surface area contributed by atoms with Crippen LogP contribution in [0.4, 0.5) is 0 Å². The molecule has 0 saturated heterocycles. The van der Waals surface area contributed by atoms with Crippen molar-refractivity contribution in [3.63, 3.8) is 0 Å². The predicted molar refractivity (Wildman–Crippen MR) is 240 cm³/mol. The zero-order chi connectivity index (χ0) is 38.6. The molecule has 0 aromatic heterocycles. The molecule has 0 bridgehead atoms. The Morgan fingerprint density at radius 3 is 1.76 bits per heavy atom. The van der Waals surface area contributed by atoms with E-state index in [1.165, 1.54) is 43.8 Å². The number of hydrogen-bond acceptors (Lipinski definition) is 3. The van der Waals surface area contributed by atoms with Crippen LogP contribution in [0.5, 0.6) is 11.5 Å². The molecule has 1 heterocycles. The largest absolute Gasteiger partial charge is 0.457 e. The summed E-state index contributed by atoms with van der Waals surface area (Å²) in [6.45, 7) is 0. The second-order valence-corrected chi connectivity index (χ2v) is 15.2. The van der Waals surface area contributed by atoms with Crippen molar-refractivity contribution in [3.8, 4) is 33.8 Å². The molecule has 0 amide bonds. The zero-order valence-electron chi connectivity index (χ0n) is 31.7. The Kier molecular flexibility index (Phi) is 8.02. The molecule has 58 heavy (non-hydrogen) atoms. The summed E-state index contributed by atoms with van der Waals surface area (Å²) in [7, 11) is 0. The first-order valence-electron chi connectivity index (χ1n) is 19.9. The molecular weight excluding hydrogens is 705 g/mol. The highest BCUT2D eigenvalue weighted by Crippen LogP contribution is 2.65. The molecule has 2 aliphatic rings. The van der Waals surface area contributed by atoms with E-state index in [-0.39, 0.29) is 6.04 Å². The topological polar surface area (TPSA) is 47.6 Å². The summed E-state index contributed by atoms with van der Waals surface area (Å²) in [5.74, 6) is 1.77. The number of para-hydroxylation sites is 2. The summed E-state index contributed by atoms with van der Waals surface area (Å²) in [6.07, 6.45) is 3.96. The van der Waals surface area contributed by atoms with E-state index >= 15 is 0 Å². The Bertz CT molecular complexity index is 3050. The average molecular weight is 743 g/mol. The molecule has 3 heteroatoms. The molecule has 1 unspecified atom stereocenters. The lowest BCUT2D eigenvalue weighted by Crippen LogP contribution is -2.32. The Hall–Kier alpha value is -7.33. The molecule has 9 aromatic rings. The van der Waals surface area contributed by atoms with Crippen molar-refractivity contribution in [2.24, 2.45) is 10.7 Å². The maximum absolute atomic E-state index is 6.76. The van der Waals surface area contributed by atoms with Gasteiger partial charge in [-0.1, -0.05) is 182 Å². The molecule has 11 rings (SSSR count). The number of aliphatic imine (C=N–C) groups is 1. The summed E-state index contributed by atoms with van der Waals surface area (Å²) in [6, 6.07) is 70.9. The highest BCUT2D eigenvalue weighted by molar-refractivity contribution is 6.19. The van der Waals surface area contributed by atoms with Gasteiger partial charge in [-0.25, -0.2) is 0 Å². The number of rotatable bonds is 6. The van der Waals surface area contributed by atoms with Crippen LogP contribution >= 0.6 is 0 Å². The van der Waals surface area contributed by atoms with E-state index in [1.54, 1.807) is 0 Å². The number of nitrogens with zero attached hydrogens (tertiary/aromatic N) is 1. The van der Waals surface area contributed by atoms with Crippen molar-refractivity contribution in [1.82, 2.24) is 0 Å². The lowest BCUT2D eigenvalue weighted by molar-refractivity contribution is 0.437. The van der Waals surface area contributed by atoms with Gasteiger partial charge in [0, 0.05) is 17.3 Å². The minimum Gasteiger partial charge on any atom is -0.457 e. The van der Waals surface area contributed by atoms with Crippen LogP contribution in [0.25, 0.3) is 49.5 Å². The molecule has 2 N–H and O–H groups in total. The number of hydrogen-bond donors (Lipinski definition) is 1. The van der Waals surface area contributed by atoms with Crippen LogP contribution in [0.2, 0.25) is 0 Å². The molecule has 0 fully saturated rings. The first-order chi connectivity index (χ1) is 28.7. The first-order valence-corrected chi connectivity index (χ1v) is 19.9. The minimum atomic E-state index is -0.620. The lowest BCUT2D eigenvalue weighted by Gasteiger charge is -2.40. The molecule has 3 nitrogen and oxygen atoms in total. The van der Waals surface area contributed by atoms with Crippen molar-refractivity contribution in [3.05, 3.63) is 245 Å². The molecular formula is C55H38N2O. The molecule has 1 spiro atoms. The van der Waals surface area contributed by atoms with Gasteiger partial charge in [0.15, 0.2) is 0 Å². The number of benzene rings is 9. The van der Waals surface area contributed by atoms with Crippen molar-refractivity contribution in [2.75, 3.05) is 0 Å². The molecule has 1 aliphatic heterocycles. The van der Waals surface area contributed by atoms with E-state index in [0.717, 1.165) is 56.1 Å². The van der Waals surface area contributed by atoms with Crippen LogP contribution in [-0.2, 0) is 5.41 Å². The maximum Gasteiger partial charge on any atom is 0.132 e. The average Bonchev–Trinajstić information content (AvgIpc) is 3.59. The Labute approximate surface area is 338 Å². The molecule has 0 saturated carbocycles. The monoisotopic (exact) mass is 742 g/mol. The van der Waals surface area contributed by atoms with Crippen LogP contribution in [0.1, 0.15) is 45.0 Å². The van der Waals surface area contributed by atoms with Gasteiger partial charge < -0.3 is 10.5 Å². The standard InChI is InChI=1S/C55H38N2O/c56-49(38-17-5-2-6-18-38)34-50(57-35-36-15-3-1-4-16-36)39-29-27-37(28-30-39)40-31-32-45-48(33-40)55(46-23-11-13-25-51(46)58-52-26-14-12-24-47(52)55)54-44-22-10-8-20-42(44)41-19-7-9-21-43(41)53(45)54/h1-35,49H,56H2/b50-34-,57-35?. The smallest absolute Gasteiger partial charge is 0.132 e. The number of ether oxygens (including phenoxy) is 1. The first kappa shape index (κ1) is 34.0. The molecule has 9 aromatic carbocycles. The van der Waals surface area contributed by atoms with E-state index in [1.807, 2.05) is 42.6 Å². The van der Waals surface area contributed by atoms with Crippen LogP contribution in [0.3, 0.4) is 0 Å². The van der Waals surface area contributed by atoms with Gasteiger partial charge in [-0.2, -0.15) is 0 Å². The predicted octanol–water partition coefficient (Wildman–Crippen LogP) is 13.3. The fourth-order valence-corrected chi connectivity index (χ4v) is 9.42. The van der Waals surface area contributed by atoms with Gasteiger partial charge in [0.05, 0.1) is 17.2 Å². The van der Waals surface area contributed by atoms with Crippen molar-refractivity contribution < 1.29 is 4.74 Å².